The Hall–Kier alpha value is -2.34. The van der Waals surface area contributed by atoms with Crippen molar-refractivity contribution in [2.45, 2.75) is 85.0 Å². The van der Waals surface area contributed by atoms with Gasteiger partial charge in [-0.25, -0.2) is 4.98 Å². The van der Waals surface area contributed by atoms with E-state index < -0.39 is 0 Å². The summed E-state index contributed by atoms with van der Waals surface area (Å²) in [5.74, 6) is 1.93. The standard InChI is InChI=1S/C29H39N3O2S/c1-18(2)14-15-31-20(4)16-24(22(31)6)27(33)17-35-29-30-25-12-8-7-11-23(25)28(34)32(29)26-13-9-10-19(3)21(26)5/h7-8,11-12,16,18-19,21,26H,9-10,13-15,17H2,1-6H3/t19-,21-,26-/m1/s1. The van der Waals surface area contributed by atoms with Gasteiger partial charge in [-0.15, -0.1) is 0 Å². The SMILES string of the molecule is Cc1cc(C(=O)CSc2nc3ccccc3c(=O)n2[C@@H]2CCC[C@@H](C)[C@H]2C)c(C)n1CCC(C)C. The van der Waals surface area contributed by atoms with Gasteiger partial charge in [0.25, 0.3) is 5.56 Å². The maximum atomic E-state index is 13.7. The number of fused-ring (bicyclic) bond motifs is 1. The van der Waals surface area contributed by atoms with Gasteiger partial charge < -0.3 is 4.57 Å². The van der Waals surface area contributed by atoms with Crippen molar-refractivity contribution in [2.75, 3.05) is 5.75 Å². The second-order valence-electron chi connectivity index (χ2n) is 10.8. The fourth-order valence-corrected chi connectivity index (χ4v) is 6.40. The van der Waals surface area contributed by atoms with Crippen LogP contribution >= 0.6 is 11.8 Å². The number of hydrogen-bond donors (Lipinski definition) is 0. The van der Waals surface area contributed by atoms with Crippen LogP contribution in [0.4, 0.5) is 0 Å². The molecule has 1 aromatic carbocycles. The molecule has 1 saturated carbocycles. The van der Waals surface area contributed by atoms with Crippen molar-refractivity contribution in [3.05, 3.63) is 57.6 Å². The maximum absolute atomic E-state index is 13.7. The molecule has 1 aliphatic carbocycles. The molecule has 0 unspecified atom stereocenters. The Kier molecular flexibility index (Phi) is 7.89. The molecule has 0 spiro atoms. The molecule has 3 atom stereocenters. The first kappa shape index (κ1) is 25.7. The van der Waals surface area contributed by atoms with Crippen LogP contribution in [0.2, 0.25) is 0 Å². The molecule has 4 rings (SSSR count). The molecule has 0 radical (unpaired) electrons. The highest BCUT2D eigenvalue weighted by molar-refractivity contribution is 7.99. The van der Waals surface area contributed by atoms with Gasteiger partial charge in [-0.1, -0.05) is 64.4 Å². The Morgan fingerprint density at radius 3 is 2.66 bits per heavy atom. The Balaban J connectivity index is 1.65. The number of aromatic nitrogens is 3. The predicted octanol–water partition coefficient (Wildman–Crippen LogP) is 6.83. The molecule has 0 saturated heterocycles. The largest absolute Gasteiger partial charge is 0.348 e. The number of benzene rings is 1. The van der Waals surface area contributed by atoms with Crippen LogP contribution in [0.1, 0.15) is 81.2 Å². The Morgan fingerprint density at radius 1 is 1.17 bits per heavy atom. The van der Waals surface area contributed by atoms with Crippen molar-refractivity contribution in [1.82, 2.24) is 14.1 Å². The topological polar surface area (TPSA) is 56.9 Å². The molecule has 0 aliphatic heterocycles. The normalized spacial score (nSPS) is 20.6. The van der Waals surface area contributed by atoms with E-state index in [4.69, 9.17) is 4.98 Å². The lowest BCUT2D eigenvalue weighted by molar-refractivity contribution is 0.102. The first-order chi connectivity index (χ1) is 16.7. The third-order valence-electron chi connectivity index (χ3n) is 7.91. The van der Waals surface area contributed by atoms with Gasteiger partial charge >= 0.3 is 0 Å². The molecule has 0 N–H and O–H groups in total. The minimum absolute atomic E-state index is 0.0170. The van der Waals surface area contributed by atoms with Crippen molar-refractivity contribution in [1.29, 1.82) is 0 Å². The van der Waals surface area contributed by atoms with E-state index in [1.165, 1.54) is 18.2 Å². The molecule has 188 valence electrons. The van der Waals surface area contributed by atoms with Crippen LogP contribution in [0.25, 0.3) is 10.9 Å². The van der Waals surface area contributed by atoms with E-state index in [0.717, 1.165) is 42.8 Å². The third-order valence-corrected chi connectivity index (χ3v) is 8.86. The van der Waals surface area contributed by atoms with E-state index in [-0.39, 0.29) is 23.1 Å². The molecular weight excluding hydrogens is 454 g/mol. The van der Waals surface area contributed by atoms with E-state index in [9.17, 15) is 9.59 Å². The zero-order chi connectivity index (χ0) is 25.3. The quantitative estimate of drug-likeness (QED) is 0.196. The number of nitrogens with zero attached hydrogens (tertiary/aromatic N) is 3. The summed E-state index contributed by atoms with van der Waals surface area (Å²) in [7, 11) is 0. The summed E-state index contributed by atoms with van der Waals surface area (Å²) in [6, 6.07) is 9.70. The van der Waals surface area contributed by atoms with Gasteiger partial charge in [0.1, 0.15) is 0 Å². The number of ketones is 1. The van der Waals surface area contributed by atoms with Crippen LogP contribution in [0, 0.1) is 31.6 Å². The molecule has 2 heterocycles. The van der Waals surface area contributed by atoms with Crippen molar-refractivity contribution in [3.8, 4) is 0 Å². The van der Waals surface area contributed by atoms with Crippen molar-refractivity contribution in [2.24, 2.45) is 17.8 Å². The minimum atomic E-state index is 0.0170. The van der Waals surface area contributed by atoms with E-state index in [2.05, 4.69) is 39.2 Å². The van der Waals surface area contributed by atoms with E-state index >= 15 is 0 Å². The number of carbonyl (C=O) groups excluding carboxylic acids is 1. The highest BCUT2D eigenvalue weighted by atomic mass is 32.2. The van der Waals surface area contributed by atoms with Gasteiger partial charge in [0, 0.05) is 29.5 Å². The van der Waals surface area contributed by atoms with Crippen LogP contribution < -0.4 is 5.56 Å². The van der Waals surface area contributed by atoms with E-state index in [0.29, 0.717) is 33.8 Å². The number of aryl methyl sites for hydroxylation is 1. The first-order valence-electron chi connectivity index (χ1n) is 13.0. The Bertz CT molecular complexity index is 1270. The molecular formula is C29H39N3O2S. The van der Waals surface area contributed by atoms with Crippen LogP contribution in [0.5, 0.6) is 0 Å². The molecule has 0 amide bonds. The Labute approximate surface area is 213 Å². The number of carbonyl (C=O) groups is 1. The Morgan fingerprint density at radius 2 is 1.91 bits per heavy atom. The molecule has 2 aromatic heterocycles. The van der Waals surface area contributed by atoms with Gasteiger partial charge in [-0.3, -0.25) is 14.2 Å². The highest BCUT2D eigenvalue weighted by Crippen LogP contribution is 2.39. The van der Waals surface area contributed by atoms with Crippen LogP contribution in [-0.4, -0.2) is 25.7 Å². The molecule has 1 fully saturated rings. The first-order valence-corrected chi connectivity index (χ1v) is 14.0. The van der Waals surface area contributed by atoms with E-state index in [1.807, 2.05) is 41.8 Å². The zero-order valence-electron chi connectivity index (χ0n) is 22.0. The van der Waals surface area contributed by atoms with Crippen LogP contribution in [-0.2, 0) is 6.54 Å². The summed E-state index contributed by atoms with van der Waals surface area (Å²) in [5, 5.41) is 1.32. The summed E-state index contributed by atoms with van der Waals surface area (Å²) in [6.07, 6.45) is 4.37. The fourth-order valence-electron chi connectivity index (χ4n) is 5.46. The second kappa shape index (κ2) is 10.7. The monoisotopic (exact) mass is 493 g/mol. The molecule has 0 bridgehead atoms. The molecule has 5 nitrogen and oxygen atoms in total. The molecule has 3 aromatic rings. The number of thioether (sulfide) groups is 1. The van der Waals surface area contributed by atoms with E-state index in [1.54, 1.807) is 0 Å². The van der Waals surface area contributed by atoms with Gasteiger partial charge in [-0.2, -0.15) is 0 Å². The smallest absolute Gasteiger partial charge is 0.262 e. The highest BCUT2D eigenvalue weighted by Gasteiger charge is 2.31. The average Bonchev–Trinajstić information content (AvgIpc) is 3.11. The van der Waals surface area contributed by atoms with Crippen LogP contribution in [0.15, 0.2) is 40.3 Å². The lowest BCUT2D eigenvalue weighted by Gasteiger charge is -2.36. The van der Waals surface area contributed by atoms with Crippen LogP contribution in [0.3, 0.4) is 0 Å². The number of para-hydroxylation sites is 1. The second-order valence-corrected chi connectivity index (χ2v) is 11.7. The van der Waals surface area contributed by atoms with Gasteiger partial charge in [0.2, 0.25) is 0 Å². The summed E-state index contributed by atoms with van der Waals surface area (Å²) >= 11 is 1.41. The lowest BCUT2D eigenvalue weighted by Crippen LogP contribution is -2.35. The van der Waals surface area contributed by atoms with Gasteiger partial charge in [-0.05, 0) is 62.6 Å². The lowest BCUT2D eigenvalue weighted by atomic mass is 9.78. The summed E-state index contributed by atoms with van der Waals surface area (Å²) < 4.78 is 4.17. The number of Topliss-reactive ketones (excluding diaryl/α,β-unsaturated/α-hetero) is 1. The van der Waals surface area contributed by atoms with Gasteiger partial charge in [0.05, 0.1) is 16.7 Å². The zero-order valence-corrected chi connectivity index (χ0v) is 22.8. The summed E-state index contributed by atoms with van der Waals surface area (Å²) in [6.45, 7) is 14.0. The molecule has 6 heteroatoms. The van der Waals surface area contributed by atoms with Crippen molar-refractivity contribution < 1.29 is 4.79 Å². The average molecular weight is 494 g/mol. The predicted molar refractivity (Wildman–Crippen MR) is 146 cm³/mol. The summed E-state index contributed by atoms with van der Waals surface area (Å²) in [4.78, 5) is 31.9. The minimum Gasteiger partial charge on any atom is -0.348 e. The fraction of sp³-hybridized carbons (Fsp3) is 0.552. The van der Waals surface area contributed by atoms with Crippen molar-refractivity contribution in [3.63, 3.8) is 0 Å². The van der Waals surface area contributed by atoms with Crippen molar-refractivity contribution >= 4 is 28.4 Å². The summed E-state index contributed by atoms with van der Waals surface area (Å²) in [5.41, 5.74) is 3.66. The van der Waals surface area contributed by atoms with Gasteiger partial charge in [0.15, 0.2) is 10.9 Å². The third kappa shape index (κ3) is 5.28. The number of rotatable bonds is 8. The maximum Gasteiger partial charge on any atom is 0.262 e. The molecule has 1 aliphatic rings. The number of hydrogen-bond acceptors (Lipinski definition) is 4. The molecule has 35 heavy (non-hydrogen) atoms.